The van der Waals surface area contributed by atoms with E-state index in [1.807, 2.05) is 39.8 Å². The lowest BCUT2D eigenvalue weighted by molar-refractivity contribution is -0.139. The van der Waals surface area contributed by atoms with Gasteiger partial charge in [0.1, 0.15) is 18.4 Å². The highest BCUT2D eigenvalue weighted by atomic mass is 32.2. The number of sulfonamides is 1. The molecule has 0 saturated heterocycles. The van der Waals surface area contributed by atoms with E-state index in [1.165, 1.54) is 29.2 Å². The molecule has 0 radical (unpaired) electrons. The molecule has 9 heteroatoms. The Labute approximate surface area is 202 Å². The zero-order chi connectivity index (χ0) is 25.6. The number of nitrogens with zero attached hydrogens (tertiary/aromatic N) is 2. The van der Waals surface area contributed by atoms with E-state index in [0.29, 0.717) is 11.3 Å². The largest absolute Gasteiger partial charge is 0.352 e. The summed E-state index contributed by atoms with van der Waals surface area (Å²) in [4.78, 5) is 27.6. The monoisotopic (exact) mass is 491 g/mol. The molecular weight excluding hydrogens is 457 g/mol. The number of rotatable bonds is 10. The van der Waals surface area contributed by atoms with Gasteiger partial charge in [-0.3, -0.25) is 13.9 Å². The van der Waals surface area contributed by atoms with Crippen molar-refractivity contribution in [1.82, 2.24) is 10.2 Å². The Balaban J connectivity index is 2.45. The van der Waals surface area contributed by atoms with Crippen LogP contribution in [0.1, 0.15) is 51.7 Å². The Morgan fingerprint density at radius 3 is 2.09 bits per heavy atom. The highest BCUT2D eigenvalue weighted by Gasteiger charge is 2.31. The van der Waals surface area contributed by atoms with Crippen LogP contribution in [0, 0.1) is 5.82 Å². The highest BCUT2D eigenvalue weighted by Crippen LogP contribution is 2.29. The van der Waals surface area contributed by atoms with E-state index in [4.69, 9.17) is 0 Å². The van der Waals surface area contributed by atoms with Gasteiger partial charge in [0.2, 0.25) is 21.8 Å². The lowest BCUT2D eigenvalue weighted by atomic mass is 10.0. The zero-order valence-electron chi connectivity index (χ0n) is 20.6. The smallest absolute Gasteiger partial charge is 0.244 e. The maximum atomic E-state index is 13.5. The predicted molar refractivity (Wildman–Crippen MR) is 132 cm³/mol. The predicted octanol–water partition coefficient (Wildman–Crippen LogP) is 3.66. The molecule has 34 heavy (non-hydrogen) atoms. The molecule has 0 bridgehead atoms. The first-order valence-electron chi connectivity index (χ1n) is 11.2. The molecule has 1 N–H and O–H groups in total. The minimum absolute atomic E-state index is 0.0230. The van der Waals surface area contributed by atoms with E-state index in [9.17, 15) is 22.4 Å². The van der Waals surface area contributed by atoms with Gasteiger partial charge >= 0.3 is 0 Å². The van der Waals surface area contributed by atoms with Gasteiger partial charge in [-0.05, 0) is 56.0 Å². The molecule has 0 aliphatic carbocycles. The third-order valence-electron chi connectivity index (χ3n) is 5.37. The number of nitrogens with one attached hydrogen (secondary N) is 1. The number of hydrogen-bond donors (Lipinski definition) is 1. The van der Waals surface area contributed by atoms with Crippen molar-refractivity contribution in [2.75, 3.05) is 17.1 Å². The summed E-state index contributed by atoms with van der Waals surface area (Å²) < 4.78 is 40.0. The maximum Gasteiger partial charge on any atom is 0.244 e. The molecule has 0 saturated carbocycles. The zero-order valence-corrected chi connectivity index (χ0v) is 21.4. The topological polar surface area (TPSA) is 86.8 Å². The third kappa shape index (κ3) is 7.28. The second kappa shape index (κ2) is 11.5. The summed E-state index contributed by atoms with van der Waals surface area (Å²) >= 11 is 0. The number of hydrogen-bond acceptors (Lipinski definition) is 4. The first-order chi connectivity index (χ1) is 15.8. The molecule has 0 aliphatic heterocycles. The van der Waals surface area contributed by atoms with Crippen LogP contribution < -0.4 is 9.62 Å². The average Bonchev–Trinajstić information content (AvgIpc) is 2.75. The summed E-state index contributed by atoms with van der Waals surface area (Å²) in [6.45, 7) is 8.65. The van der Waals surface area contributed by atoms with Gasteiger partial charge < -0.3 is 10.2 Å². The van der Waals surface area contributed by atoms with Crippen molar-refractivity contribution in [1.29, 1.82) is 0 Å². The number of anilines is 1. The van der Waals surface area contributed by atoms with Crippen molar-refractivity contribution in [2.45, 2.75) is 59.2 Å². The molecule has 1 unspecified atom stereocenters. The van der Waals surface area contributed by atoms with Crippen LogP contribution in [0.5, 0.6) is 0 Å². The Morgan fingerprint density at radius 2 is 1.56 bits per heavy atom. The first-order valence-corrected chi connectivity index (χ1v) is 13.1. The number of carbonyl (C=O) groups is 2. The van der Waals surface area contributed by atoms with Crippen LogP contribution in [0.15, 0.2) is 48.5 Å². The van der Waals surface area contributed by atoms with Crippen molar-refractivity contribution in [2.24, 2.45) is 0 Å². The van der Waals surface area contributed by atoms with E-state index in [0.717, 1.165) is 16.1 Å². The Bertz CT molecular complexity index is 1100. The number of carbonyl (C=O) groups excluding carboxylic acids is 2. The van der Waals surface area contributed by atoms with E-state index >= 15 is 0 Å². The number of para-hydroxylation sites is 1. The van der Waals surface area contributed by atoms with Crippen LogP contribution >= 0.6 is 0 Å². The molecule has 0 aromatic heterocycles. The molecule has 2 aromatic rings. The van der Waals surface area contributed by atoms with Crippen LogP contribution in [0.2, 0.25) is 0 Å². The van der Waals surface area contributed by atoms with E-state index in [1.54, 1.807) is 19.1 Å². The molecule has 2 amide bonds. The van der Waals surface area contributed by atoms with E-state index in [2.05, 4.69) is 5.32 Å². The minimum atomic E-state index is -3.81. The van der Waals surface area contributed by atoms with Crippen LogP contribution in [0.4, 0.5) is 10.1 Å². The van der Waals surface area contributed by atoms with Crippen LogP contribution in [-0.2, 0) is 26.2 Å². The van der Waals surface area contributed by atoms with Gasteiger partial charge in [-0.2, -0.15) is 0 Å². The summed E-state index contributed by atoms with van der Waals surface area (Å²) in [6.07, 6.45) is 1.05. The van der Waals surface area contributed by atoms with E-state index in [-0.39, 0.29) is 24.4 Å². The van der Waals surface area contributed by atoms with Gasteiger partial charge in [0.15, 0.2) is 0 Å². The molecule has 2 rings (SSSR count). The SMILES string of the molecule is CC(C)NC(=O)C(C)N(Cc1ccc(F)cc1)C(=O)CN(c1ccccc1C(C)C)S(C)(=O)=O. The van der Waals surface area contributed by atoms with Crippen molar-refractivity contribution >= 4 is 27.5 Å². The lowest BCUT2D eigenvalue weighted by Crippen LogP contribution is -2.52. The molecule has 1 atom stereocenters. The lowest BCUT2D eigenvalue weighted by Gasteiger charge is -2.32. The van der Waals surface area contributed by atoms with Crippen molar-refractivity contribution in [3.8, 4) is 0 Å². The van der Waals surface area contributed by atoms with E-state index < -0.39 is 34.3 Å². The molecular formula is C25H34FN3O4S. The van der Waals surface area contributed by atoms with Gasteiger partial charge in [-0.25, -0.2) is 12.8 Å². The molecule has 186 valence electrons. The summed E-state index contributed by atoms with van der Waals surface area (Å²) in [6, 6.07) is 11.7. The molecule has 0 spiro atoms. The molecule has 0 heterocycles. The molecule has 0 aliphatic rings. The van der Waals surface area contributed by atoms with Gasteiger partial charge in [0.05, 0.1) is 11.9 Å². The third-order valence-corrected chi connectivity index (χ3v) is 6.50. The molecule has 0 fully saturated rings. The normalized spacial score (nSPS) is 12.5. The minimum Gasteiger partial charge on any atom is -0.352 e. The molecule has 7 nitrogen and oxygen atoms in total. The summed E-state index contributed by atoms with van der Waals surface area (Å²) in [5.41, 5.74) is 1.83. The second-order valence-electron chi connectivity index (χ2n) is 8.97. The van der Waals surface area contributed by atoms with Gasteiger partial charge in [0.25, 0.3) is 0 Å². The number of halogens is 1. The number of benzene rings is 2. The fraction of sp³-hybridized carbons (Fsp3) is 0.440. The quantitative estimate of drug-likeness (QED) is 0.550. The van der Waals surface area contributed by atoms with Crippen molar-refractivity contribution in [3.63, 3.8) is 0 Å². The Hall–Kier alpha value is -2.94. The second-order valence-corrected chi connectivity index (χ2v) is 10.9. The molecule has 2 aromatic carbocycles. The van der Waals surface area contributed by atoms with Gasteiger partial charge in [-0.1, -0.05) is 44.2 Å². The Kier molecular flexibility index (Phi) is 9.21. The van der Waals surface area contributed by atoms with Crippen LogP contribution in [0.25, 0.3) is 0 Å². The maximum absolute atomic E-state index is 13.5. The fourth-order valence-electron chi connectivity index (χ4n) is 3.57. The van der Waals surface area contributed by atoms with Crippen LogP contribution in [-0.4, -0.2) is 50.0 Å². The van der Waals surface area contributed by atoms with Crippen molar-refractivity contribution < 1.29 is 22.4 Å². The summed E-state index contributed by atoms with van der Waals surface area (Å²) in [5.74, 6) is -1.29. The number of amides is 2. The summed E-state index contributed by atoms with van der Waals surface area (Å²) in [7, 11) is -3.81. The Morgan fingerprint density at radius 1 is 0.971 bits per heavy atom. The van der Waals surface area contributed by atoms with Crippen molar-refractivity contribution in [3.05, 3.63) is 65.5 Å². The average molecular weight is 492 g/mol. The standard InChI is InChI=1S/C25H34FN3O4S/c1-17(2)22-9-7-8-10-23(22)29(34(6,32)33)16-24(30)28(19(5)25(31)27-18(3)4)15-20-11-13-21(26)14-12-20/h7-14,17-19H,15-16H2,1-6H3,(H,27,31). The first kappa shape index (κ1) is 27.3. The van der Waals surface area contributed by atoms with Gasteiger partial charge in [-0.15, -0.1) is 0 Å². The highest BCUT2D eigenvalue weighted by molar-refractivity contribution is 7.92. The van der Waals surface area contributed by atoms with Crippen LogP contribution in [0.3, 0.4) is 0 Å². The van der Waals surface area contributed by atoms with Gasteiger partial charge in [0, 0.05) is 12.6 Å². The summed E-state index contributed by atoms with van der Waals surface area (Å²) in [5, 5.41) is 2.79. The fourth-order valence-corrected chi connectivity index (χ4v) is 4.44.